The minimum Gasteiger partial charge on any atom is -0.378 e. The first-order valence-electron chi connectivity index (χ1n) is 11.8. The van der Waals surface area contributed by atoms with Crippen LogP contribution in [0.2, 0.25) is 0 Å². The number of ether oxygens (including phenoxy) is 1. The van der Waals surface area contributed by atoms with Crippen LogP contribution in [0.1, 0.15) is 5.82 Å². The van der Waals surface area contributed by atoms with Crippen molar-refractivity contribution >= 4 is 33.7 Å². The molecule has 0 amide bonds. The topological polar surface area (TPSA) is 71.3 Å². The fourth-order valence-electron chi connectivity index (χ4n) is 4.40. The molecule has 0 radical (unpaired) electrons. The number of aromatic amines is 1. The van der Waals surface area contributed by atoms with Gasteiger partial charge in [-0.3, -0.25) is 4.98 Å². The molecule has 7 nitrogen and oxygen atoms in total. The first-order chi connectivity index (χ1) is 17.3. The number of anilines is 1. The van der Waals surface area contributed by atoms with E-state index in [1.54, 1.807) is 23.7 Å². The van der Waals surface area contributed by atoms with Gasteiger partial charge in [-0.25, -0.2) is 9.98 Å². The maximum absolute atomic E-state index is 5.50. The third kappa shape index (κ3) is 4.76. The Balaban J connectivity index is 1.33. The summed E-state index contributed by atoms with van der Waals surface area (Å²) in [5, 5.41) is 2.19. The van der Waals surface area contributed by atoms with Crippen LogP contribution in [0, 0.1) is 0 Å². The van der Waals surface area contributed by atoms with Crippen molar-refractivity contribution in [2.24, 2.45) is 4.99 Å². The van der Waals surface area contributed by atoms with Gasteiger partial charge in [0.05, 0.1) is 41.8 Å². The summed E-state index contributed by atoms with van der Waals surface area (Å²) >= 11 is 1.65. The van der Waals surface area contributed by atoms with E-state index in [0.717, 1.165) is 72.3 Å². The van der Waals surface area contributed by atoms with Gasteiger partial charge < -0.3 is 19.2 Å². The Morgan fingerprint density at radius 2 is 1.86 bits per heavy atom. The van der Waals surface area contributed by atoms with E-state index in [4.69, 9.17) is 14.7 Å². The molecule has 0 spiro atoms. The lowest BCUT2D eigenvalue weighted by Gasteiger charge is -2.28. The van der Waals surface area contributed by atoms with Crippen LogP contribution in [-0.2, 0) is 17.7 Å². The third-order valence-electron chi connectivity index (χ3n) is 6.22. The number of nitrogens with zero attached hydrogens (tertiary/aromatic N) is 5. The quantitative estimate of drug-likeness (QED) is 0.377. The highest BCUT2D eigenvalue weighted by Crippen LogP contribution is 2.25. The summed E-state index contributed by atoms with van der Waals surface area (Å²) < 4.78 is 7.78. The van der Waals surface area contributed by atoms with Gasteiger partial charge >= 0.3 is 0 Å². The molecule has 0 aliphatic carbocycles. The minimum absolute atomic E-state index is 0.767. The molecule has 6 rings (SSSR count). The number of para-hydroxylation sites is 2. The number of rotatable bonds is 6. The Morgan fingerprint density at radius 3 is 2.66 bits per heavy atom. The number of pyridine rings is 1. The number of hydrogen-bond acceptors (Lipinski definition) is 6. The van der Waals surface area contributed by atoms with Gasteiger partial charge in [0.2, 0.25) is 0 Å². The molecular formula is C27H26N6OS. The van der Waals surface area contributed by atoms with Crippen LogP contribution in [0.5, 0.6) is 0 Å². The molecule has 176 valence electrons. The van der Waals surface area contributed by atoms with Crippen molar-refractivity contribution in [3.8, 4) is 11.3 Å². The number of morpholine rings is 1. The van der Waals surface area contributed by atoms with Crippen LogP contribution < -0.4 is 9.70 Å². The number of H-pyrrole nitrogens is 1. The zero-order chi connectivity index (χ0) is 23.5. The summed E-state index contributed by atoms with van der Waals surface area (Å²) in [6, 6.07) is 20.9. The number of benzene rings is 2. The Bertz CT molecular complexity index is 1450. The van der Waals surface area contributed by atoms with E-state index >= 15 is 0 Å². The average molecular weight is 483 g/mol. The Labute approximate surface area is 207 Å². The van der Waals surface area contributed by atoms with Crippen LogP contribution >= 0.6 is 11.3 Å². The second kappa shape index (κ2) is 9.85. The van der Waals surface area contributed by atoms with Crippen molar-refractivity contribution in [2.75, 3.05) is 31.2 Å². The van der Waals surface area contributed by atoms with Crippen molar-refractivity contribution in [1.29, 1.82) is 0 Å². The number of hydrogen-bond donors (Lipinski definition) is 1. The molecule has 2 aromatic carbocycles. The normalized spacial score (nSPS) is 14.6. The van der Waals surface area contributed by atoms with E-state index in [9.17, 15) is 0 Å². The number of imidazole rings is 1. The number of aryl methyl sites for hydroxylation is 1. The molecule has 0 bridgehead atoms. The monoisotopic (exact) mass is 482 g/mol. The standard InChI is InChI=1S/C27H26N6OS/c1-2-6-24-23(5-1)30-26(31-24)11-13-33-25(19-35-27(33)29-21-4-3-12-28-18-21)20-7-9-22(10-8-20)32-14-16-34-17-15-32/h1-10,12,18-19H,11,13-17H2,(H,30,31). The molecule has 1 aliphatic rings. The van der Waals surface area contributed by atoms with E-state index in [1.165, 1.54) is 11.3 Å². The van der Waals surface area contributed by atoms with E-state index < -0.39 is 0 Å². The molecule has 1 saturated heterocycles. The van der Waals surface area contributed by atoms with Crippen molar-refractivity contribution < 1.29 is 4.74 Å². The van der Waals surface area contributed by atoms with Gasteiger partial charge in [-0.05, 0) is 42.0 Å². The summed E-state index contributed by atoms with van der Waals surface area (Å²) in [4.78, 5) is 20.7. The van der Waals surface area contributed by atoms with E-state index in [0.29, 0.717) is 0 Å². The molecule has 0 unspecified atom stereocenters. The van der Waals surface area contributed by atoms with E-state index in [2.05, 4.69) is 55.1 Å². The number of aromatic nitrogens is 4. The molecule has 1 aliphatic heterocycles. The van der Waals surface area contributed by atoms with Crippen molar-refractivity contribution in [3.05, 3.63) is 89.1 Å². The molecular weight excluding hydrogens is 456 g/mol. The van der Waals surface area contributed by atoms with Crippen molar-refractivity contribution in [3.63, 3.8) is 0 Å². The summed E-state index contributed by atoms with van der Waals surface area (Å²) in [6.45, 7) is 4.20. The molecule has 35 heavy (non-hydrogen) atoms. The lowest BCUT2D eigenvalue weighted by Crippen LogP contribution is -2.36. The minimum atomic E-state index is 0.767. The van der Waals surface area contributed by atoms with Crippen LogP contribution in [-0.4, -0.2) is 45.8 Å². The lowest BCUT2D eigenvalue weighted by atomic mass is 10.1. The molecule has 0 saturated carbocycles. The molecule has 5 aromatic rings. The van der Waals surface area contributed by atoms with E-state index in [-0.39, 0.29) is 0 Å². The maximum atomic E-state index is 5.50. The fraction of sp³-hybridized carbons (Fsp3) is 0.222. The van der Waals surface area contributed by atoms with Crippen LogP contribution in [0.25, 0.3) is 22.3 Å². The molecule has 0 atom stereocenters. The Kier molecular flexibility index (Phi) is 6.13. The van der Waals surface area contributed by atoms with Crippen LogP contribution in [0.3, 0.4) is 0 Å². The first-order valence-corrected chi connectivity index (χ1v) is 12.7. The zero-order valence-corrected chi connectivity index (χ0v) is 20.1. The smallest absolute Gasteiger partial charge is 0.190 e. The SMILES string of the molecule is c1cncc(N=c2scc(-c3ccc(N4CCOCC4)cc3)n2CCc2nc3ccccc3[nH]2)c1. The predicted octanol–water partition coefficient (Wildman–Crippen LogP) is 4.80. The van der Waals surface area contributed by atoms with Crippen LogP contribution in [0.4, 0.5) is 11.4 Å². The molecule has 1 fully saturated rings. The van der Waals surface area contributed by atoms with Gasteiger partial charge in [0.15, 0.2) is 4.80 Å². The fourth-order valence-corrected chi connectivity index (χ4v) is 5.36. The second-order valence-electron chi connectivity index (χ2n) is 8.48. The highest BCUT2D eigenvalue weighted by molar-refractivity contribution is 7.07. The number of fused-ring (bicyclic) bond motifs is 1. The highest BCUT2D eigenvalue weighted by Gasteiger charge is 2.13. The van der Waals surface area contributed by atoms with Crippen molar-refractivity contribution in [1.82, 2.24) is 19.5 Å². The maximum Gasteiger partial charge on any atom is 0.190 e. The van der Waals surface area contributed by atoms with Gasteiger partial charge in [-0.15, -0.1) is 11.3 Å². The molecule has 8 heteroatoms. The summed E-state index contributed by atoms with van der Waals surface area (Å²) in [7, 11) is 0. The van der Waals surface area contributed by atoms with Gasteiger partial charge in [0.25, 0.3) is 0 Å². The zero-order valence-electron chi connectivity index (χ0n) is 19.3. The van der Waals surface area contributed by atoms with Gasteiger partial charge in [-0.1, -0.05) is 24.3 Å². The lowest BCUT2D eigenvalue weighted by molar-refractivity contribution is 0.122. The van der Waals surface area contributed by atoms with Gasteiger partial charge in [0, 0.05) is 43.3 Å². The molecule has 3 aromatic heterocycles. The summed E-state index contributed by atoms with van der Waals surface area (Å²) in [5.74, 6) is 0.978. The van der Waals surface area contributed by atoms with Gasteiger partial charge in [-0.2, -0.15) is 0 Å². The highest BCUT2D eigenvalue weighted by atomic mass is 32.1. The van der Waals surface area contributed by atoms with Gasteiger partial charge in [0.1, 0.15) is 5.82 Å². The van der Waals surface area contributed by atoms with Crippen molar-refractivity contribution in [2.45, 2.75) is 13.0 Å². The summed E-state index contributed by atoms with van der Waals surface area (Å²) in [5.41, 5.74) is 6.48. The Hall–Kier alpha value is -3.75. The predicted molar refractivity (Wildman–Crippen MR) is 140 cm³/mol. The van der Waals surface area contributed by atoms with Crippen LogP contribution in [0.15, 0.2) is 83.4 Å². The largest absolute Gasteiger partial charge is 0.378 e. The van der Waals surface area contributed by atoms with E-state index in [1.807, 2.05) is 30.3 Å². The molecule has 4 heterocycles. The first kappa shape index (κ1) is 21.8. The molecule has 1 N–H and O–H groups in total. The Morgan fingerprint density at radius 1 is 1.00 bits per heavy atom. The second-order valence-corrected chi connectivity index (χ2v) is 9.31. The number of thiazole rings is 1. The average Bonchev–Trinajstić information content (AvgIpc) is 3.52. The number of nitrogens with one attached hydrogen (secondary N) is 1. The third-order valence-corrected chi connectivity index (χ3v) is 7.08. The summed E-state index contributed by atoms with van der Waals surface area (Å²) in [6.07, 6.45) is 4.34.